The average molecular weight is 358 g/mol. The van der Waals surface area contributed by atoms with Crippen LogP contribution in [0.5, 0.6) is 5.75 Å². The second-order valence-corrected chi connectivity index (χ2v) is 6.43. The number of hydrogen-bond acceptors (Lipinski definition) is 7. The Morgan fingerprint density at radius 1 is 1.38 bits per heavy atom. The van der Waals surface area contributed by atoms with E-state index < -0.39 is 11.5 Å². The largest absolute Gasteiger partial charge is 0.508 e. The molecule has 1 aromatic carbocycles. The second-order valence-electron chi connectivity index (χ2n) is 6.43. The van der Waals surface area contributed by atoms with E-state index in [0.29, 0.717) is 26.2 Å². The van der Waals surface area contributed by atoms with Crippen molar-refractivity contribution in [2.24, 2.45) is 0 Å². The quantitative estimate of drug-likeness (QED) is 0.699. The molecule has 2 heterocycles. The van der Waals surface area contributed by atoms with E-state index in [9.17, 15) is 15.0 Å². The molecule has 1 atom stereocenters. The van der Waals surface area contributed by atoms with Crippen molar-refractivity contribution in [1.29, 1.82) is 0 Å². The van der Waals surface area contributed by atoms with E-state index in [1.165, 1.54) is 18.6 Å². The minimum atomic E-state index is -1.22. The standard InChI is InChI=1S/C18H22N4O4/c23-15-3-1-2-14(8-15)10-22-6-7-26-13-18(25,12-22)11-21-17(24)16-9-19-4-5-20-16/h1-5,8-9,23,25H,6-7,10-13H2,(H,21,24)/t18-/m1/s1. The normalized spacial score (nSPS) is 21.1. The van der Waals surface area contributed by atoms with Gasteiger partial charge in [-0.25, -0.2) is 4.98 Å². The number of hydrogen-bond donors (Lipinski definition) is 3. The monoisotopic (exact) mass is 358 g/mol. The molecule has 0 bridgehead atoms. The van der Waals surface area contributed by atoms with Crippen LogP contribution >= 0.6 is 0 Å². The first kappa shape index (κ1) is 18.2. The first-order valence-electron chi connectivity index (χ1n) is 8.39. The molecule has 1 aliphatic heterocycles. The van der Waals surface area contributed by atoms with Crippen molar-refractivity contribution in [3.63, 3.8) is 0 Å². The number of nitrogens with one attached hydrogen (secondary N) is 1. The van der Waals surface area contributed by atoms with E-state index in [2.05, 4.69) is 15.3 Å². The predicted molar refractivity (Wildman–Crippen MR) is 93.5 cm³/mol. The number of carbonyl (C=O) groups excluding carboxylic acids is 1. The molecule has 0 aliphatic carbocycles. The summed E-state index contributed by atoms with van der Waals surface area (Å²) in [5.41, 5.74) is -0.0781. The Kier molecular flexibility index (Phi) is 5.77. The van der Waals surface area contributed by atoms with Crippen molar-refractivity contribution in [3.05, 3.63) is 54.1 Å². The molecule has 1 aliphatic rings. The number of phenols is 1. The van der Waals surface area contributed by atoms with Crippen molar-refractivity contribution in [1.82, 2.24) is 20.2 Å². The van der Waals surface area contributed by atoms with Gasteiger partial charge in [0.15, 0.2) is 0 Å². The summed E-state index contributed by atoms with van der Waals surface area (Å²) in [4.78, 5) is 22.0. The maximum Gasteiger partial charge on any atom is 0.271 e. The molecule has 3 rings (SSSR count). The Morgan fingerprint density at radius 2 is 2.27 bits per heavy atom. The van der Waals surface area contributed by atoms with Crippen LogP contribution in [-0.4, -0.2) is 69.4 Å². The molecule has 0 unspecified atom stereocenters. The molecular formula is C18H22N4O4. The lowest BCUT2D eigenvalue weighted by Gasteiger charge is -2.31. The molecule has 138 valence electrons. The van der Waals surface area contributed by atoms with Gasteiger partial charge in [-0.05, 0) is 17.7 Å². The van der Waals surface area contributed by atoms with Crippen molar-refractivity contribution in [2.75, 3.05) is 32.8 Å². The number of benzene rings is 1. The molecule has 1 fully saturated rings. The van der Waals surface area contributed by atoms with E-state index >= 15 is 0 Å². The number of ether oxygens (including phenoxy) is 1. The summed E-state index contributed by atoms with van der Waals surface area (Å²) in [6.07, 6.45) is 4.30. The van der Waals surface area contributed by atoms with Crippen LogP contribution in [0.4, 0.5) is 0 Å². The zero-order valence-corrected chi connectivity index (χ0v) is 14.3. The number of β-amino-alcohol motifs (C(OH)–C–C–N with tert-alkyl or cyclic N) is 1. The second kappa shape index (κ2) is 8.22. The molecule has 8 nitrogen and oxygen atoms in total. The summed E-state index contributed by atoms with van der Waals surface area (Å²) in [6.45, 7) is 2.21. The minimum absolute atomic E-state index is 0.0406. The molecule has 3 N–H and O–H groups in total. The van der Waals surface area contributed by atoms with Crippen molar-refractivity contribution in [2.45, 2.75) is 12.1 Å². The molecular weight excluding hydrogens is 336 g/mol. The Morgan fingerprint density at radius 3 is 3.04 bits per heavy atom. The van der Waals surface area contributed by atoms with E-state index in [1.54, 1.807) is 18.2 Å². The molecule has 1 amide bonds. The van der Waals surface area contributed by atoms with Gasteiger partial charge in [-0.2, -0.15) is 0 Å². The van der Waals surface area contributed by atoms with E-state index in [0.717, 1.165) is 5.56 Å². The lowest BCUT2D eigenvalue weighted by atomic mass is 10.0. The van der Waals surface area contributed by atoms with Crippen molar-refractivity contribution < 1.29 is 19.7 Å². The third-order valence-corrected chi connectivity index (χ3v) is 4.13. The van der Waals surface area contributed by atoms with E-state index in [-0.39, 0.29) is 24.6 Å². The number of phenolic OH excluding ortho intramolecular Hbond substituents is 1. The highest BCUT2D eigenvalue weighted by Gasteiger charge is 2.33. The van der Waals surface area contributed by atoms with Gasteiger partial charge in [0.05, 0.1) is 26.0 Å². The average Bonchev–Trinajstić information content (AvgIpc) is 2.82. The van der Waals surface area contributed by atoms with Crippen LogP contribution in [0.1, 0.15) is 16.1 Å². The number of aliphatic hydroxyl groups is 1. The molecule has 26 heavy (non-hydrogen) atoms. The summed E-state index contributed by atoms with van der Waals surface area (Å²) in [7, 11) is 0. The first-order chi connectivity index (χ1) is 12.5. The van der Waals surface area contributed by atoms with Crippen LogP contribution < -0.4 is 5.32 Å². The lowest BCUT2D eigenvalue weighted by Crippen LogP contribution is -2.52. The number of nitrogens with zero attached hydrogens (tertiary/aromatic N) is 3. The van der Waals surface area contributed by atoms with Crippen molar-refractivity contribution >= 4 is 5.91 Å². The molecule has 8 heteroatoms. The molecule has 0 spiro atoms. The van der Waals surface area contributed by atoms with Gasteiger partial charge in [0, 0.05) is 32.0 Å². The SMILES string of the molecule is O=C(NC[C@]1(O)COCCN(Cc2cccc(O)c2)C1)c1cnccn1. The summed E-state index contributed by atoms with van der Waals surface area (Å²) in [6, 6.07) is 7.01. The molecule has 0 radical (unpaired) electrons. The Labute approximate surface area is 151 Å². The third-order valence-electron chi connectivity index (χ3n) is 4.13. The van der Waals surface area contributed by atoms with Gasteiger partial charge in [0.2, 0.25) is 0 Å². The third kappa shape index (κ3) is 4.98. The zero-order valence-electron chi connectivity index (χ0n) is 14.3. The van der Waals surface area contributed by atoms with Crippen LogP contribution in [-0.2, 0) is 11.3 Å². The first-order valence-corrected chi connectivity index (χ1v) is 8.39. The molecule has 1 aromatic heterocycles. The fourth-order valence-corrected chi connectivity index (χ4v) is 2.90. The zero-order chi connectivity index (χ0) is 18.4. The number of amides is 1. The Hall–Kier alpha value is -2.55. The number of carbonyl (C=O) groups is 1. The van der Waals surface area contributed by atoms with Gasteiger partial charge in [0.25, 0.3) is 5.91 Å². The van der Waals surface area contributed by atoms with Crippen LogP contribution in [0.25, 0.3) is 0 Å². The summed E-state index contributed by atoms with van der Waals surface area (Å²) >= 11 is 0. The summed E-state index contributed by atoms with van der Waals surface area (Å²) < 4.78 is 5.52. The van der Waals surface area contributed by atoms with Gasteiger partial charge in [0.1, 0.15) is 17.0 Å². The topological polar surface area (TPSA) is 108 Å². The summed E-state index contributed by atoms with van der Waals surface area (Å²) in [5, 5.41) is 23.2. The maximum absolute atomic E-state index is 12.1. The molecule has 2 aromatic rings. The Balaban J connectivity index is 1.61. The van der Waals surface area contributed by atoms with Crippen LogP contribution in [0, 0.1) is 0 Å². The fraction of sp³-hybridized carbons (Fsp3) is 0.389. The lowest BCUT2D eigenvalue weighted by molar-refractivity contribution is -0.0346. The predicted octanol–water partition coefficient (Wildman–Crippen LogP) is 0.175. The maximum atomic E-state index is 12.1. The van der Waals surface area contributed by atoms with Crippen LogP contribution in [0.15, 0.2) is 42.9 Å². The smallest absolute Gasteiger partial charge is 0.271 e. The van der Waals surface area contributed by atoms with Gasteiger partial charge in [-0.3, -0.25) is 14.7 Å². The summed E-state index contributed by atoms with van der Waals surface area (Å²) in [5.74, 6) is -0.185. The van der Waals surface area contributed by atoms with Crippen LogP contribution in [0.2, 0.25) is 0 Å². The van der Waals surface area contributed by atoms with E-state index in [4.69, 9.17) is 4.74 Å². The number of aromatic nitrogens is 2. The molecule has 0 saturated carbocycles. The van der Waals surface area contributed by atoms with Crippen LogP contribution in [0.3, 0.4) is 0 Å². The highest BCUT2D eigenvalue weighted by Crippen LogP contribution is 2.17. The van der Waals surface area contributed by atoms with E-state index in [1.807, 2.05) is 11.0 Å². The Bertz CT molecular complexity index is 743. The fourth-order valence-electron chi connectivity index (χ4n) is 2.90. The van der Waals surface area contributed by atoms with Gasteiger partial charge in [-0.1, -0.05) is 12.1 Å². The number of aromatic hydroxyl groups is 1. The minimum Gasteiger partial charge on any atom is -0.508 e. The molecule has 1 saturated heterocycles. The van der Waals surface area contributed by atoms with Gasteiger partial charge < -0.3 is 20.3 Å². The van der Waals surface area contributed by atoms with Crippen molar-refractivity contribution in [3.8, 4) is 5.75 Å². The number of rotatable bonds is 5. The highest BCUT2D eigenvalue weighted by molar-refractivity contribution is 5.91. The highest BCUT2D eigenvalue weighted by atomic mass is 16.5. The van der Waals surface area contributed by atoms with Gasteiger partial charge in [-0.15, -0.1) is 0 Å². The van der Waals surface area contributed by atoms with Gasteiger partial charge >= 0.3 is 0 Å².